The summed E-state index contributed by atoms with van der Waals surface area (Å²) in [5.74, 6) is 0. The van der Waals surface area contributed by atoms with E-state index < -0.39 is 0 Å². The van der Waals surface area contributed by atoms with Gasteiger partial charge in [-0.25, -0.2) is 0 Å². The molecule has 3 rings (SSSR count). The van der Waals surface area contributed by atoms with Crippen LogP contribution in [0, 0.1) is 0 Å². The van der Waals surface area contributed by atoms with E-state index in [2.05, 4.69) is 21.6 Å². The number of nitrogens with one attached hydrogen (secondary N) is 1. The Morgan fingerprint density at radius 3 is 3.29 bits per heavy atom. The van der Waals surface area contributed by atoms with Crippen LogP contribution in [-0.4, -0.2) is 10.2 Å². The molecule has 2 aromatic rings. The van der Waals surface area contributed by atoms with Crippen LogP contribution in [0.2, 0.25) is 4.34 Å². The molecule has 88 valence electrons. The zero-order valence-corrected chi connectivity index (χ0v) is 10.8. The highest BCUT2D eigenvalue weighted by Gasteiger charge is 2.24. The van der Waals surface area contributed by atoms with Crippen LogP contribution in [0.4, 0.5) is 0 Å². The minimum atomic E-state index is 0.413. The Bertz CT molecular complexity index is 512. The van der Waals surface area contributed by atoms with Crippen molar-refractivity contribution in [3.05, 3.63) is 44.9 Å². The molecule has 17 heavy (non-hydrogen) atoms. The number of nitrogens with zero attached hydrogens (tertiary/aromatic N) is 2. The van der Waals surface area contributed by atoms with Crippen LogP contribution in [0.25, 0.3) is 0 Å². The largest absolute Gasteiger partial charge is 0.304 e. The van der Waals surface area contributed by atoms with Gasteiger partial charge >= 0.3 is 0 Å². The highest BCUT2D eigenvalue weighted by molar-refractivity contribution is 7.16. The molecule has 0 bridgehead atoms. The third kappa shape index (κ3) is 2.34. The number of rotatable bonds is 3. The Morgan fingerprint density at radius 1 is 1.53 bits per heavy atom. The van der Waals surface area contributed by atoms with Crippen LogP contribution < -0.4 is 5.32 Å². The Balaban J connectivity index is 1.68. The molecule has 1 atom stereocenters. The predicted octanol–water partition coefficient (Wildman–Crippen LogP) is 2.97. The number of fused-ring (bicyclic) bond motifs is 1. The maximum atomic E-state index is 6.03. The molecule has 2 heterocycles. The van der Waals surface area contributed by atoms with Crippen LogP contribution in [0.5, 0.6) is 0 Å². The quantitative estimate of drug-likeness (QED) is 0.927. The van der Waals surface area contributed by atoms with E-state index in [1.54, 1.807) is 17.5 Å². The molecule has 1 unspecified atom stereocenters. The molecule has 0 amide bonds. The number of thiophene rings is 1. The smallest absolute Gasteiger partial charge is 0.0934 e. The Kier molecular flexibility index (Phi) is 3.09. The lowest BCUT2D eigenvalue weighted by molar-refractivity contribution is 0.523. The van der Waals surface area contributed by atoms with Crippen LogP contribution in [0.1, 0.15) is 28.6 Å². The normalized spacial score (nSPS) is 18.3. The van der Waals surface area contributed by atoms with Gasteiger partial charge in [-0.3, -0.25) is 0 Å². The minimum absolute atomic E-state index is 0.413. The lowest BCUT2D eigenvalue weighted by Gasteiger charge is -2.11. The molecular weight excluding hydrogens is 254 g/mol. The highest BCUT2D eigenvalue weighted by Crippen LogP contribution is 2.39. The van der Waals surface area contributed by atoms with E-state index in [1.165, 1.54) is 10.4 Å². The Hall–Kier alpha value is -0.970. The summed E-state index contributed by atoms with van der Waals surface area (Å²) >= 11 is 7.73. The predicted molar refractivity (Wildman–Crippen MR) is 69.3 cm³/mol. The fraction of sp³-hybridized carbons (Fsp3) is 0.333. The lowest BCUT2D eigenvalue weighted by atomic mass is 10.2. The molecular formula is C12H12ClN3S. The van der Waals surface area contributed by atoms with E-state index in [0.717, 1.165) is 29.4 Å². The molecule has 0 spiro atoms. The molecule has 5 heteroatoms. The van der Waals surface area contributed by atoms with E-state index in [-0.39, 0.29) is 0 Å². The Morgan fingerprint density at radius 2 is 2.47 bits per heavy atom. The molecule has 0 saturated heterocycles. The van der Waals surface area contributed by atoms with Gasteiger partial charge in [0.15, 0.2) is 0 Å². The SMILES string of the molecule is Clc1cc2c(s1)CCC2NCc1cccnn1. The molecule has 0 aliphatic heterocycles. The first-order chi connectivity index (χ1) is 8.33. The summed E-state index contributed by atoms with van der Waals surface area (Å²) in [4.78, 5) is 1.42. The first kappa shape index (κ1) is 11.1. The van der Waals surface area contributed by atoms with Gasteiger partial charge in [0.1, 0.15) is 0 Å². The zero-order valence-electron chi connectivity index (χ0n) is 9.19. The van der Waals surface area contributed by atoms with Gasteiger partial charge in [0, 0.05) is 23.7 Å². The summed E-state index contributed by atoms with van der Waals surface area (Å²) in [5, 5.41) is 11.4. The van der Waals surface area contributed by atoms with Crippen molar-refractivity contribution < 1.29 is 0 Å². The number of aryl methyl sites for hydroxylation is 1. The molecule has 0 saturated carbocycles. The second kappa shape index (κ2) is 4.72. The van der Waals surface area contributed by atoms with Crippen LogP contribution in [-0.2, 0) is 13.0 Å². The summed E-state index contributed by atoms with van der Waals surface area (Å²) < 4.78 is 0.890. The lowest BCUT2D eigenvalue weighted by Crippen LogP contribution is -2.19. The van der Waals surface area contributed by atoms with Gasteiger partial charge in [-0.15, -0.1) is 11.3 Å². The summed E-state index contributed by atoms with van der Waals surface area (Å²) in [6, 6.07) is 6.39. The second-order valence-corrected chi connectivity index (χ2v) is 5.88. The fourth-order valence-corrected chi connectivity index (χ4v) is 3.55. The summed E-state index contributed by atoms with van der Waals surface area (Å²) in [6.45, 7) is 0.755. The molecule has 0 radical (unpaired) electrons. The summed E-state index contributed by atoms with van der Waals surface area (Å²) in [7, 11) is 0. The maximum absolute atomic E-state index is 6.03. The first-order valence-corrected chi connectivity index (χ1v) is 6.80. The van der Waals surface area contributed by atoms with Crippen molar-refractivity contribution in [1.29, 1.82) is 0 Å². The number of halogens is 1. The van der Waals surface area contributed by atoms with Crippen LogP contribution >= 0.6 is 22.9 Å². The molecule has 2 aromatic heterocycles. The van der Waals surface area contributed by atoms with E-state index in [1.807, 2.05) is 12.1 Å². The Labute approximate surface area is 109 Å². The van der Waals surface area contributed by atoms with E-state index in [4.69, 9.17) is 11.6 Å². The van der Waals surface area contributed by atoms with Gasteiger partial charge < -0.3 is 5.32 Å². The third-order valence-electron chi connectivity index (χ3n) is 3.00. The monoisotopic (exact) mass is 265 g/mol. The number of aromatic nitrogens is 2. The van der Waals surface area contributed by atoms with E-state index in [0.29, 0.717) is 6.04 Å². The van der Waals surface area contributed by atoms with Gasteiger partial charge in [-0.2, -0.15) is 10.2 Å². The second-order valence-electron chi connectivity index (χ2n) is 4.12. The fourth-order valence-electron chi connectivity index (χ4n) is 2.20. The van der Waals surface area contributed by atoms with Crippen molar-refractivity contribution in [2.24, 2.45) is 0 Å². The first-order valence-electron chi connectivity index (χ1n) is 5.61. The summed E-state index contributed by atoms with van der Waals surface area (Å²) in [6.07, 6.45) is 3.97. The maximum Gasteiger partial charge on any atom is 0.0934 e. The average molecular weight is 266 g/mol. The topological polar surface area (TPSA) is 37.8 Å². The van der Waals surface area contributed by atoms with Gasteiger partial charge in [0.25, 0.3) is 0 Å². The van der Waals surface area contributed by atoms with Crippen molar-refractivity contribution in [3.63, 3.8) is 0 Å². The van der Waals surface area contributed by atoms with Crippen molar-refractivity contribution in [1.82, 2.24) is 15.5 Å². The average Bonchev–Trinajstić information content (AvgIpc) is 2.87. The third-order valence-corrected chi connectivity index (χ3v) is 4.34. The standard InChI is InChI=1S/C12H12ClN3S/c13-12-6-9-10(3-4-11(9)17-12)14-7-8-2-1-5-15-16-8/h1-2,5-6,10,14H,3-4,7H2. The molecule has 0 aromatic carbocycles. The molecule has 0 fully saturated rings. The molecule has 3 nitrogen and oxygen atoms in total. The van der Waals surface area contributed by atoms with Gasteiger partial charge in [-0.1, -0.05) is 11.6 Å². The van der Waals surface area contributed by atoms with Crippen molar-refractivity contribution in [2.45, 2.75) is 25.4 Å². The highest BCUT2D eigenvalue weighted by atomic mass is 35.5. The van der Waals surface area contributed by atoms with E-state index >= 15 is 0 Å². The van der Waals surface area contributed by atoms with Crippen LogP contribution in [0.15, 0.2) is 24.4 Å². The molecule has 1 aliphatic carbocycles. The van der Waals surface area contributed by atoms with Gasteiger partial charge in [0.05, 0.1) is 10.0 Å². The van der Waals surface area contributed by atoms with Crippen molar-refractivity contribution >= 4 is 22.9 Å². The number of hydrogen-bond donors (Lipinski definition) is 1. The van der Waals surface area contributed by atoms with Crippen LogP contribution in [0.3, 0.4) is 0 Å². The zero-order chi connectivity index (χ0) is 11.7. The van der Waals surface area contributed by atoms with Crippen molar-refractivity contribution in [2.75, 3.05) is 0 Å². The van der Waals surface area contributed by atoms with Gasteiger partial charge in [-0.05, 0) is 36.6 Å². The summed E-state index contributed by atoms with van der Waals surface area (Å²) in [5.41, 5.74) is 2.34. The van der Waals surface area contributed by atoms with Crippen molar-refractivity contribution in [3.8, 4) is 0 Å². The van der Waals surface area contributed by atoms with Gasteiger partial charge in [0.2, 0.25) is 0 Å². The van der Waals surface area contributed by atoms with E-state index in [9.17, 15) is 0 Å². The number of hydrogen-bond acceptors (Lipinski definition) is 4. The minimum Gasteiger partial charge on any atom is -0.304 e. The molecule has 1 N–H and O–H groups in total. The molecule has 1 aliphatic rings.